The molecule has 0 unspecified atom stereocenters. The average Bonchev–Trinajstić information content (AvgIpc) is 2.44. The largest absolute Gasteiger partial charge is 0.130 e. The van der Waals surface area contributed by atoms with Crippen molar-refractivity contribution >= 4 is 32.3 Å². The Morgan fingerprint density at radius 2 is 1.17 bits per heavy atom. The number of hydrogen-bond acceptors (Lipinski definition) is 0. The van der Waals surface area contributed by atoms with Crippen LogP contribution in [0.1, 0.15) is 12.5 Å². The topological polar surface area (TPSA) is 0 Å². The number of hydrogen-bond donors (Lipinski definition) is 0. The maximum Gasteiger partial charge on any atom is 0.130 e. The summed E-state index contributed by atoms with van der Waals surface area (Å²) in [7, 11) is 0. The molecule has 0 spiro atoms. The van der Waals surface area contributed by atoms with Gasteiger partial charge in [0.05, 0.1) is 12.1 Å². The molecular weight excluding hydrogens is 216 g/mol. The van der Waals surface area contributed by atoms with Crippen LogP contribution in [0.4, 0.5) is 0 Å². The van der Waals surface area contributed by atoms with Crippen molar-refractivity contribution in [1.29, 1.82) is 0 Å². The van der Waals surface area contributed by atoms with Crippen LogP contribution in [-0.2, 0) is 0 Å². The summed E-state index contributed by atoms with van der Waals surface area (Å²) in [5.41, 5.74) is 1.29. The molecule has 0 fully saturated rings. The Morgan fingerprint density at radius 1 is 0.667 bits per heavy atom. The highest BCUT2D eigenvalue weighted by molar-refractivity contribution is 6.23. The molecule has 4 aromatic carbocycles. The third kappa shape index (κ3) is 1.18. The molecule has 84 valence electrons. The van der Waals surface area contributed by atoms with Crippen LogP contribution >= 0.6 is 0 Å². The molecule has 0 N–H and O–H groups in total. The zero-order chi connectivity index (χ0) is 12.1. The number of rotatable bonds is 1. The van der Waals surface area contributed by atoms with Crippen LogP contribution in [0.15, 0.2) is 54.6 Å². The van der Waals surface area contributed by atoms with E-state index in [1.807, 2.05) is 0 Å². The van der Waals surface area contributed by atoms with E-state index in [4.69, 9.17) is 0 Å². The van der Waals surface area contributed by atoms with E-state index in [-0.39, 0.29) is 0 Å². The van der Waals surface area contributed by atoms with Crippen LogP contribution in [-0.4, -0.2) is 0 Å². The second kappa shape index (κ2) is 3.39. The summed E-state index contributed by atoms with van der Waals surface area (Å²) in [6, 6.07) is 20.0. The summed E-state index contributed by atoms with van der Waals surface area (Å²) < 4.78 is 0. The first kappa shape index (κ1) is 9.78. The SMILES string of the molecule is C[CH+]c1cc2ccc3cccc4ccc(c1)c2c34. The van der Waals surface area contributed by atoms with E-state index in [2.05, 4.69) is 67.9 Å². The standard InChI is InChI=1S/C18H13/c1-2-12-10-15-8-6-13-4-3-5-14-7-9-16(11-12)18(15)17(13)14/h2-11H,1H3/q+1. The zero-order valence-corrected chi connectivity index (χ0v) is 10.3. The fourth-order valence-corrected chi connectivity index (χ4v) is 2.94. The molecule has 4 aromatic rings. The van der Waals surface area contributed by atoms with Crippen molar-refractivity contribution in [2.45, 2.75) is 6.92 Å². The Hall–Kier alpha value is -2.21. The molecule has 0 aliphatic rings. The van der Waals surface area contributed by atoms with Gasteiger partial charge < -0.3 is 0 Å². The van der Waals surface area contributed by atoms with Gasteiger partial charge in [-0.3, -0.25) is 0 Å². The monoisotopic (exact) mass is 229 g/mol. The molecule has 0 heterocycles. The van der Waals surface area contributed by atoms with Gasteiger partial charge in [-0.25, -0.2) is 0 Å². The average molecular weight is 229 g/mol. The molecule has 0 saturated carbocycles. The summed E-state index contributed by atoms with van der Waals surface area (Å²) in [6.45, 7) is 2.09. The fourth-order valence-electron chi connectivity index (χ4n) is 2.94. The van der Waals surface area contributed by atoms with Crippen molar-refractivity contribution in [3.63, 3.8) is 0 Å². The Bertz CT molecular complexity index is 792. The molecule has 0 saturated heterocycles. The van der Waals surface area contributed by atoms with Gasteiger partial charge in [0.15, 0.2) is 0 Å². The molecule has 4 rings (SSSR count). The highest BCUT2D eigenvalue weighted by Crippen LogP contribution is 2.35. The van der Waals surface area contributed by atoms with Crippen molar-refractivity contribution in [2.24, 2.45) is 0 Å². The van der Waals surface area contributed by atoms with Gasteiger partial charge in [-0.05, 0) is 28.3 Å². The maximum absolute atomic E-state index is 2.27. The Kier molecular flexibility index (Phi) is 1.84. The molecule has 0 aliphatic carbocycles. The lowest BCUT2D eigenvalue weighted by molar-refractivity contribution is 1.45. The molecule has 0 heteroatoms. The van der Waals surface area contributed by atoms with Crippen LogP contribution < -0.4 is 0 Å². The highest BCUT2D eigenvalue weighted by Gasteiger charge is 2.12. The quantitative estimate of drug-likeness (QED) is 0.312. The first-order valence-electron chi connectivity index (χ1n) is 6.34. The lowest BCUT2D eigenvalue weighted by atomic mass is 9.92. The third-order valence-corrected chi connectivity index (χ3v) is 3.82. The summed E-state index contributed by atoms with van der Waals surface area (Å²) in [5.74, 6) is 0. The van der Waals surface area contributed by atoms with Gasteiger partial charge in [-0.2, -0.15) is 0 Å². The van der Waals surface area contributed by atoms with E-state index in [1.54, 1.807) is 0 Å². The lowest BCUT2D eigenvalue weighted by Crippen LogP contribution is -1.85. The van der Waals surface area contributed by atoms with E-state index < -0.39 is 0 Å². The van der Waals surface area contributed by atoms with Gasteiger partial charge in [0.1, 0.15) is 5.56 Å². The van der Waals surface area contributed by atoms with Crippen LogP contribution in [0, 0.1) is 6.42 Å². The van der Waals surface area contributed by atoms with Gasteiger partial charge in [-0.15, -0.1) is 0 Å². The minimum absolute atomic E-state index is 1.29. The highest BCUT2D eigenvalue weighted by atomic mass is 14.1. The smallest absolute Gasteiger partial charge is 0.0610 e. The van der Waals surface area contributed by atoms with Crippen LogP contribution in [0.2, 0.25) is 0 Å². The predicted octanol–water partition coefficient (Wildman–Crippen LogP) is 5.16. The minimum atomic E-state index is 1.29. The van der Waals surface area contributed by atoms with Crippen molar-refractivity contribution in [3.05, 3.63) is 66.6 Å². The van der Waals surface area contributed by atoms with Gasteiger partial charge in [-0.1, -0.05) is 30.3 Å². The zero-order valence-electron chi connectivity index (χ0n) is 10.3. The first-order chi connectivity index (χ1) is 8.86. The van der Waals surface area contributed by atoms with Crippen molar-refractivity contribution in [1.82, 2.24) is 0 Å². The third-order valence-electron chi connectivity index (χ3n) is 3.82. The second-order valence-corrected chi connectivity index (χ2v) is 4.84. The predicted molar refractivity (Wildman–Crippen MR) is 79.2 cm³/mol. The van der Waals surface area contributed by atoms with E-state index >= 15 is 0 Å². The van der Waals surface area contributed by atoms with Crippen LogP contribution in [0.3, 0.4) is 0 Å². The molecular formula is C18H13+. The molecule has 0 nitrogen and oxygen atoms in total. The summed E-state index contributed by atoms with van der Waals surface area (Å²) in [6.07, 6.45) is 2.16. The minimum Gasteiger partial charge on any atom is -0.0610 e. The summed E-state index contributed by atoms with van der Waals surface area (Å²) in [5, 5.41) is 8.14. The molecule has 0 aromatic heterocycles. The fraction of sp³-hybridized carbons (Fsp3) is 0.0556. The number of benzene rings is 4. The van der Waals surface area contributed by atoms with Gasteiger partial charge in [0.25, 0.3) is 0 Å². The van der Waals surface area contributed by atoms with Crippen molar-refractivity contribution in [2.75, 3.05) is 0 Å². The van der Waals surface area contributed by atoms with E-state index in [0.717, 1.165) is 0 Å². The normalized spacial score (nSPS) is 11.6. The van der Waals surface area contributed by atoms with Crippen LogP contribution in [0.5, 0.6) is 0 Å². The molecule has 18 heavy (non-hydrogen) atoms. The van der Waals surface area contributed by atoms with Gasteiger partial charge in [0, 0.05) is 29.5 Å². The van der Waals surface area contributed by atoms with Gasteiger partial charge in [0.2, 0.25) is 0 Å². The molecule has 0 aliphatic heterocycles. The molecule has 0 amide bonds. The summed E-state index contributed by atoms with van der Waals surface area (Å²) >= 11 is 0. The van der Waals surface area contributed by atoms with Crippen molar-refractivity contribution in [3.8, 4) is 0 Å². The Labute approximate surface area is 106 Å². The molecule has 0 radical (unpaired) electrons. The van der Waals surface area contributed by atoms with E-state index in [9.17, 15) is 0 Å². The Balaban J connectivity index is 2.35. The maximum atomic E-state index is 2.27. The second-order valence-electron chi connectivity index (χ2n) is 4.84. The van der Waals surface area contributed by atoms with Gasteiger partial charge >= 0.3 is 0 Å². The van der Waals surface area contributed by atoms with E-state index in [1.165, 1.54) is 37.9 Å². The molecule has 0 atom stereocenters. The van der Waals surface area contributed by atoms with E-state index in [0.29, 0.717) is 0 Å². The van der Waals surface area contributed by atoms with Crippen molar-refractivity contribution < 1.29 is 0 Å². The first-order valence-corrected chi connectivity index (χ1v) is 6.34. The molecule has 0 bridgehead atoms. The van der Waals surface area contributed by atoms with Crippen LogP contribution in [0.25, 0.3) is 32.3 Å². The lowest BCUT2D eigenvalue weighted by Gasteiger charge is -2.08. The Morgan fingerprint density at radius 3 is 1.72 bits per heavy atom. The summed E-state index contributed by atoms with van der Waals surface area (Å²) in [4.78, 5) is 0.